The van der Waals surface area contributed by atoms with Crippen LogP contribution in [0.3, 0.4) is 0 Å². The molecule has 20 heavy (non-hydrogen) atoms. The second kappa shape index (κ2) is 5.37. The number of hydrogen-bond acceptors (Lipinski definition) is 3. The molecule has 2 N–H and O–H groups in total. The molecule has 106 valence electrons. The van der Waals surface area contributed by atoms with Crippen LogP contribution in [0.5, 0.6) is 0 Å². The first kappa shape index (κ1) is 13.3. The van der Waals surface area contributed by atoms with E-state index in [4.69, 9.17) is 10.8 Å². The summed E-state index contributed by atoms with van der Waals surface area (Å²) < 4.78 is 2.15. The average Bonchev–Trinajstić information content (AvgIpc) is 2.81. The fourth-order valence-corrected chi connectivity index (χ4v) is 3.05. The minimum absolute atomic E-state index is 0.155. The molecule has 0 saturated carbocycles. The molecule has 2 heterocycles. The largest absolute Gasteiger partial charge is 0.324 e. The van der Waals surface area contributed by atoms with Crippen LogP contribution >= 0.6 is 0 Å². The molecule has 0 aliphatic heterocycles. The van der Waals surface area contributed by atoms with Gasteiger partial charge < -0.3 is 5.73 Å². The van der Waals surface area contributed by atoms with Crippen LogP contribution in [0, 0.1) is 0 Å². The van der Waals surface area contributed by atoms with E-state index in [0.29, 0.717) is 5.92 Å². The molecule has 0 saturated heterocycles. The molecular weight excluding hydrogens is 248 g/mol. The van der Waals surface area contributed by atoms with Gasteiger partial charge in [-0.15, -0.1) is 0 Å². The van der Waals surface area contributed by atoms with Gasteiger partial charge in [-0.3, -0.25) is 9.67 Å². The minimum atomic E-state index is 0.155. The average molecular weight is 270 g/mol. The van der Waals surface area contributed by atoms with Crippen LogP contribution < -0.4 is 5.73 Å². The van der Waals surface area contributed by atoms with Gasteiger partial charge in [0, 0.05) is 29.7 Å². The molecule has 0 fully saturated rings. The summed E-state index contributed by atoms with van der Waals surface area (Å²) in [6.07, 6.45) is 7.00. The zero-order valence-corrected chi connectivity index (χ0v) is 12.2. The number of nitrogens with zero attached hydrogens (tertiary/aromatic N) is 3. The number of rotatable bonds is 3. The van der Waals surface area contributed by atoms with Crippen LogP contribution in [-0.2, 0) is 13.0 Å². The molecule has 2 aromatic rings. The predicted molar refractivity (Wildman–Crippen MR) is 79.5 cm³/mol. The molecule has 4 heteroatoms. The second-order valence-corrected chi connectivity index (χ2v) is 5.91. The van der Waals surface area contributed by atoms with Crippen LogP contribution in [-0.4, -0.2) is 14.8 Å². The monoisotopic (exact) mass is 270 g/mol. The van der Waals surface area contributed by atoms with Crippen LogP contribution in [0.4, 0.5) is 0 Å². The van der Waals surface area contributed by atoms with E-state index >= 15 is 0 Å². The van der Waals surface area contributed by atoms with E-state index in [1.165, 1.54) is 22.5 Å². The maximum atomic E-state index is 6.33. The predicted octanol–water partition coefficient (Wildman–Crippen LogP) is 2.79. The Morgan fingerprint density at radius 3 is 2.80 bits per heavy atom. The highest BCUT2D eigenvalue weighted by molar-refractivity contribution is 5.34. The second-order valence-electron chi connectivity index (χ2n) is 5.91. The molecule has 1 unspecified atom stereocenters. The van der Waals surface area contributed by atoms with Crippen LogP contribution in [0.1, 0.15) is 61.2 Å². The first-order valence-electron chi connectivity index (χ1n) is 7.40. The molecular formula is C16H22N4. The van der Waals surface area contributed by atoms with E-state index in [1.54, 1.807) is 0 Å². The van der Waals surface area contributed by atoms with E-state index in [0.717, 1.165) is 25.8 Å². The van der Waals surface area contributed by atoms with Gasteiger partial charge in [-0.05, 0) is 42.9 Å². The summed E-state index contributed by atoms with van der Waals surface area (Å²) in [4.78, 5) is 4.07. The summed E-state index contributed by atoms with van der Waals surface area (Å²) in [5.74, 6) is 0.423. The third-order valence-corrected chi connectivity index (χ3v) is 4.05. The lowest BCUT2D eigenvalue weighted by molar-refractivity contribution is 0.537. The van der Waals surface area contributed by atoms with Crippen molar-refractivity contribution in [1.29, 1.82) is 0 Å². The lowest BCUT2D eigenvalue weighted by Crippen LogP contribution is -2.19. The van der Waals surface area contributed by atoms with E-state index in [2.05, 4.69) is 23.5 Å². The van der Waals surface area contributed by atoms with E-state index < -0.39 is 0 Å². The molecule has 0 spiro atoms. The lowest BCUT2D eigenvalue weighted by Gasteiger charge is -2.21. The molecule has 0 amide bonds. The highest BCUT2D eigenvalue weighted by Gasteiger charge is 2.27. The third kappa shape index (κ3) is 2.36. The topological polar surface area (TPSA) is 56.7 Å². The Morgan fingerprint density at radius 1 is 1.35 bits per heavy atom. The van der Waals surface area contributed by atoms with Crippen molar-refractivity contribution in [3.05, 3.63) is 47.0 Å². The third-order valence-electron chi connectivity index (χ3n) is 4.05. The molecule has 0 radical (unpaired) electrons. The van der Waals surface area contributed by atoms with Crippen molar-refractivity contribution in [2.24, 2.45) is 5.73 Å². The zero-order chi connectivity index (χ0) is 14.1. The van der Waals surface area contributed by atoms with Crippen molar-refractivity contribution < 1.29 is 0 Å². The van der Waals surface area contributed by atoms with Crippen molar-refractivity contribution in [1.82, 2.24) is 14.8 Å². The Hall–Kier alpha value is -1.68. The summed E-state index contributed by atoms with van der Waals surface area (Å²) in [5, 5.41) is 4.85. The van der Waals surface area contributed by atoms with Gasteiger partial charge in [0.25, 0.3) is 0 Å². The van der Waals surface area contributed by atoms with Gasteiger partial charge in [0.15, 0.2) is 0 Å². The van der Waals surface area contributed by atoms with Gasteiger partial charge in [0.1, 0.15) is 0 Å². The lowest BCUT2D eigenvalue weighted by atomic mass is 9.89. The number of pyridine rings is 1. The van der Waals surface area contributed by atoms with Gasteiger partial charge in [0.05, 0.1) is 12.2 Å². The SMILES string of the molecule is CC(C)c1nn(Cc2ccncc2)c2c1C(N)CCC2. The van der Waals surface area contributed by atoms with Crippen molar-refractivity contribution in [2.45, 2.75) is 51.6 Å². The Balaban J connectivity index is 2.01. The molecule has 3 rings (SSSR count). The molecule has 0 aromatic carbocycles. The highest BCUT2D eigenvalue weighted by atomic mass is 15.3. The molecule has 2 aromatic heterocycles. The van der Waals surface area contributed by atoms with Gasteiger partial charge in [-0.2, -0.15) is 5.10 Å². The zero-order valence-electron chi connectivity index (χ0n) is 12.2. The number of aromatic nitrogens is 3. The summed E-state index contributed by atoms with van der Waals surface area (Å²) in [6.45, 7) is 5.20. The van der Waals surface area contributed by atoms with Crippen LogP contribution in [0.2, 0.25) is 0 Å². The quantitative estimate of drug-likeness (QED) is 0.933. The smallest absolute Gasteiger partial charge is 0.0700 e. The Kier molecular flexibility index (Phi) is 3.57. The fourth-order valence-electron chi connectivity index (χ4n) is 3.05. The maximum Gasteiger partial charge on any atom is 0.0700 e. The molecule has 1 aliphatic carbocycles. The van der Waals surface area contributed by atoms with E-state index in [-0.39, 0.29) is 6.04 Å². The van der Waals surface area contributed by atoms with Crippen LogP contribution in [0.15, 0.2) is 24.5 Å². The minimum Gasteiger partial charge on any atom is -0.324 e. The summed E-state index contributed by atoms with van der Waals surface area (Å²) in [7, 11) is 0. The van der Waals surface area contributed by atoms with E-state index in [1.807, 2.05) is 24.5 Å². The van der Waals surface area contributed by atoms with Crippen LogP contribution in [0.25, 0.3) is 0 Å². The van der Waals surface area contributed by atoms with Gasteiger partial charge >= 0.3 is 0 Å². The summed E-state index contributed by atoms with van der Waals surface area (Å²) >= 11 is 0. The maximum absolute atomic E-state index is 6.33. The summed E-state index contributed by atoms with van der Waals surface area (Å²) in [6, 6.07) is 4.25. The molecule has 4 nitrogen and oxygen atoms in total. The van der Waals surface area contributed by atoms with Crippen molar-refractivity contribution in [3.63, 3.8) is 0 Å². The Morgan fingerprint density at radius 2 is 2.10 bits per heavy atom. The molecule has 0 bridgehead atoms. The summed E-state index contributed by atoms with van der Waals surface area (Å²) in [5.41, 5.74) is 11.4. The highest BCUT2D eigenvalue weighted by Crippen LogP contribution is 2.34. The molecule has 1 atom stereocenters. The Labute approximate surface area is 120 Å². The first-order valence-corrected chi connectivity index (χ1v) is 7.40. The standard InChI is InChI=1S/C16H22N4/c1-11(2)16-15-13(17)4-3-5-14(15)20(19-16)10-12-6-8-18-9-7-12/h6-9,11,13H,3-5,10,17H2,1-2H3. The Bertz CT molecular complexity index is 586. The van der Waals surface area contributed by atoms with Crippen molar-refractivity contribution in [3.8, 4) is 0 Å². The van der Waals surface area contributed by atoms with Crippen molar-refractivity contribution >= 4 is 0 Å². The van der Waals surface area contributed by atoms with Gasteiger partial charge in [-0.25, -0.2) is 0 Å². The number of fused-ring (bicyclic) bond motifs is 1. The fraction of sp³-hybridized carbons (Fsp3) is 0.500. The van der Waals surface area contributed by atoms with Gasteiger partial charge in [-0.1, -0.05) is 13.8 Å². The van der Waals surface area contributed by atoms with Crippen molar-refractivity contribution in [2.75, 3.05) is 0 Å². The number of hydrogen-bond donors (Lipinski definition) is 1. The van der Waals surface area contributed by atoms with Gasteiger partial charge in [0.2, 0.25) is 0 Å². The normalized spacial score (nSPS) is 18.3. The first-order chi connectivity index (χ1) is 9.66. The van der Waals surface area contributed by atoms with E-state index in [9.17, 15) is 0 Å². The number of nitrogens with two attached hydrogens (primary N) is 1. The molecule has 1 aliphatic rings.